The number of aryl methyl sites for hydroxylation is 1. The third kappa shape index (κ3) is 14.8. The van der Waals surface area contributed by atoms with Gasteiger partial charge < -0.3 is 54.7 Å². The Kier molecular flexibility index (Phi) is 20.1. The number of halogens is 1. The molecular weight excluding hydrogens is 1060 g/mol. The number of benzene rings is 3. The number of carbonyl (C=O) groups excluding carboxylic acids is 5. The number of thiazole rings is 1. The fourth-order valence-corrected chi connectivity index (χ4v) is 10.1. The molecule has 76 heavy (non-hydrogen) atoms. The van der Waals surface area contributed by atoms with E-state index in [0.717, 1.165) is 37.3 Å². The molecule has 4 atom stereocenters. The quantitative estimate of drug-likeness (QED) is 0.0551. The number of aromatic nitrogens is 3. The number of nitrogens with zero attached hydrogens (tertiary/aromatic N) is 6. The van der Waals surface area contributed by atoms with Crippen LogP contribution in [0.2, 0.25) is 0 Å². The van der Waals surface area contributed by atoms with E-state index in [-0.39, 0.29) is 89.5 Å². The topological polar surface area (TPSA) is 227 Å². The number of hydrogen-bond acceptors (Lipinski definition) is 15. The predicted octanol–water partition coefficient (Wildman–Crippen LogP) is 5.62. The molecule has 0 aliphatic carbocycles. The molecule has 21 heteroatoms. The molecule has 406 valence electrons. The van der Waals surface area contributed by atoms with E-state index in [1.54, 1.807) is 54.2 Å². The molecule has 7 rings (SSSR count). The van der Waals surface area contributed by atoms with Crippen LogP contribution in [-0.2, 0) is 52.9 Å². The molecule has 0 bridgehead atoms. The Labute approximate surface area is 456 Å². The second-order valence-electron chi connectivity index (χ2n) is 19.8. The van der Waals surface area contributed by atoms with Crippen LogP contribution in [0.4, 0.5) is 11.5 Å². The van der Waals surface area contributed by atoms with Crippen molar-refractivity contribution in [1.29, 1.82) is 0 Å². The van der Waals surface area contributed by atoms with Crippen molar-refractivity contribution in [2.24, 2.45) is 5.41 Å². The number of fused-ring (bicyclic) bond motifs is 1. The van der Waals surface area contributed by atoms with E-state index in [0.29, 0.717) is 48.0 Å². The van der Waals surface area contributed by atoms with Crippen LogP contribution in [0, 0.1) is 12.3 Å². The van der Waals surface area contributed by atoms with Crippen molar-refractivity contribution in [3.63, 3.8) is 0 Å². The number of β-amino-alcohol motifs (C(OH)–C–C–N with tert-alkyl or cyclic N) is 1. The van der Waals surface area contributed by atoms with Gasteiger partial charge in [0.05, 0.1) is 68.5 Å². The Balaban J connectivity index is 0.788. The molecule has 0 spiro atoms. The van der Waals surface area contributed by atoms with Gasteiger partial charge in [0.25, 0.3) is 5.91 Å². The van der Waals surface area contributed by atoms with Gasteiger partial charge in [-0.3, -0.25) is 24.0 Å². The molecule has 1 saturated heterocycles. The average Bonchev–Trinajstić information content (AvgIpc) is 4.04. The lowest BCUT2D eigenvalue weighted by Gasteiger charge is -2.40. The van der Waals surface area contributed by atoms with Gasteiger partial charge in [-0.25, -0.2) is 15.0 Å². The summed E-state index contributed by atoms with van der Waals surface area (Å²) in [5, 5.41) is 19.1. The van der Waals surface area contributed by atoms with Crippen molar-refractivity contribution >= 4 is 68.3 Å². The molecule has 2 aliphatic rings. The summed E-state index contributed by atoms with van der Waals surface area (Å²) in [4.78, 5) is 87.0. The highest BCUT2D eigenvalue weighted by atomic mass is 79.9. The first-order valence-electron chi connectivity index (χ1n) is 25.3. The maximum atomic E-state index is 14.0. The van der Waals surface area contributed by atoms with Gasteiger partial charge in [-0.1, -0.05) is 86.1 Å². The Bertz CT molecular complexity index is 2810. The molecule has 2 aromatic heterocycles. The summed E-state index contributed by atoms with van der Waals surface area (Å²) < 4.78 is 23.4. The molecule has 5 aromatic rings. The normalized spacial score (nSPS) is 16.8. The molecule has 0 radical (unpaired) electrons. The van der Waals surface area contributed by atoms with Gasteiger partial charge in [0, 0.05) is 61.7 Å². The molecule has 3 aromatic carbocycles. The van der Waals surface area contributed by atoms with E-state index in [1.165, 1.54) is 4.90 Å². The van der Waals surface area contributed by atoms with E-state index in [1.807, 2.05) is 94.1 Å². The lowest BCUT2D eigenvalue weighted by atomic mass is 9.85. The number of aliphatic hydroxyl groups is 1. The zero-order chi connectivity index (χ0) is 54.5. The van der Waals surface area contributed by atoms with Gasteiger partial charge in [-0.05, 0) is 59.7 Å². The van der Waals surface area contributed by atoms with Crippen LogP contribution < -0.4 is 30.5 Å². The first kappa shape index (κ1) is 57.3. The molecular formula is C55H68BrN9O10S. The second kappa shape index (κ2) is 26.6. The van der Waals surface area contributed by atoms with E-state index in [4.69, 9.17) is 23.9 Å². The number of anilines is 2. The molecule has 0 saturated carbocycles. The highest BCUT2D eigenvalue weighted by Crippen LogP contribution is 2.36. The largest absolute Gasteiger partial charge is 0.496 e. The third-order valence-electron chi connectivity index (χ3n) is 13.2. The van der Waals surface area contributed by atoms with Crippen LogP contribution in [0.25, 0.3) is 10.4 Å². The monoisotopic (exact) mass is 1130 g/mol. The number of amides is 5. The Hall–Kier alpha value is -6.36. The third-order valence-corrected chi connectivity index (χ3v) is 14.7. The van der Waals surface area contributed by atoms with Gasteiger partial charge in [-0.2, -0.15) is 0 Å². The van der Waals surface area contributed by atoms with Crippen molar-refractivity contribution < 1.29 is 48.0 Å². The number of carbonyl (C=O) groups is 5. The molecule has 19 nitrogen and oxygen atoms in total. The molecule has 4 N–H and O–H groups in total. The van der Waals surface area contributed by atoms with Crippen LogP contribution in [0.15, 0.2) is 82.9 Å². The van der Waals surface area contributed by atoms with Gasteiger partial charge in [0.2, 0.25) is 23.6 Å². The van der Waals surface area contributed by atoms with Gasteiger partial charge in [-0.15, -0.1) is 11.3 Å². The van der Waals surface area contributed by atoms with E-state index >= 15 is 0 Å². The molecule has 5 amide bonds. The lowest BCUT2D eigenvalue weighted by Crippen LogP contribution is -2.58. The lowest BCUT2D eigenvalue weighted by molar-refractivity contribution is -0.144. The Morgan fingerprint density at radius 2 is 1.62 bits per heavy atom. The second-order valence-corrected chi connectivity index (χ2v) is 21.5. The Morgan fingerprint density at radius 3 is 2.29 bits per heavy atom. The van der Waals surface area contributed by atoms with E-state index in [2.05, 4.69) is 41.8 Å². The van der Waals surface area contributed by atoms with Crippen molar-refractivity contribution in [3.05, 3.63) is 117 Å². The van der Waals surface area contributed by atoms with Crippen LogP contribution in [0.5, 0.6) is 5.75 Å². The zero-order valence-corrected chi connectivity index (χ0v) is 46.5. The zero-order valence-electron chi connectivity index (χ0n) is 44.1. The van der Waals surface area contributed by atoms with Crippen LogP contribution in [-0.4, -0.2) is 146 Å². The number of likely N-dealkylation sites (N-methyl/N-ethyl adjacent to an activating group) is 1. The van der Waals surface area contributed by atoms with Gasteiger partial charge in [0.15, 0.2) is 5.82 Å². The highest BCUT2D eigenvalue weighted by Gasteiger charge is 2.44. The number of nitrogens with one attached hydrogen (secondary N) is 3. The summed E-state index contributed by atoms with van der Waals surface area (Å²) in [6.45, 7) is 11.1. The Morgan fingerprint density at radius 1 is 0.921 bits per heavy atom. The summed E-state index contributed by atoms with van der Waals surface area (Å²) in [5.74, 6) is 0.0606. The minimum atomic E-state index is -0.991. The average molecular weight is 1130 g/mol. The summed E-state index contributed by atoms with van der Waals surface area (Å²) in [6, 6.07) is 18.8. The molecule has 1 fully saturated rings. The van der Waals surface area contributed by atoms with Gasteiger partial charge in [0.1, 0.15) is 42.0 Å². The minimum absolute atomic E-state index is 0.0123. The summed E-state index contributed by atoms with van der Waals surface area (Å²) in [6.07, 6.45) is 1.82. The number of likely N-dealkylation sites (tertiary alicyclic amines) is 1. The standard InChI is InChI=1S/C55H68BrN9O10S/c1-8-42-53(70)63(6)44-29-58-46(61-50(44)64(42)30-36-11-17-40(56)18-12-36)26-38-15-16-39(25-45(38)72-7)51(68)57-19-20-73-21-22-74-23-24-75-32-47(67)62-49(55(3,4)5)54(71)65-31-41(66)27-43(65)52(69)59-28-35-9-13-37(14-10-35)48-34(2)60-33-76-48/h9-18,25,29,33,41-43,49,66H,8,19-24,26-28,30-32H2,1-7H3,(H,57,68)(H,59,69)(H,62,67)/t41-,42-,43+,49-/m1/s1. The van der Waals surface area contributed by atoms with Crippen molar-refractivity contribution in [2.75, 3.05) is 76.7 Å². The van der Waals surface area contributed by atoms with E-state index in [9.17, 15) is 29.1 Å². The SMILES string of the molecule is CC[C@@H]1C(=O)N(C)c2cnc(Cc3ccc(C(=O)NCCOCCOCCOCC(=O)N[C@H](C(=O)N4C[C@H](O)C[C@H]4C(=O)NCc4ccc(-c5scnc5C)cc4)C(C)(C)C)cc3OC)nc2N1Cc1ccc(Br)cc1. The van der Waals surface area contributed by atoms with Crippen molar-refractivity contribution in [1.82, 2.24) is 35.8 Å². The molecule has 2 aliphatic heterocycles. The first-order valence-corrected chi connectivity index (χ1v) is 27.0. The molecule has 4 heterocycles. The van der Waals surface area contributed by atoms with Crippen molar-refractivity contribution in [3.8, 4) is 16.2 Å². The predicted molar refractivity (Wildman–Crippen MR) is 292 cm³/mol. The number of hydrogen-bond donors (Lipinski definition) is 4. The maximum Gasteiger partial charge on any atom is 0.251 e. The molecule has 0 unspecified atom stereocenters. The van der Waals surface area contributed by atoms with Crippen molar-refractivity contribution in [2.45, 2.75) is 91.2 Å². The highest BCUT2D eigenvalue weighted by molar-refractivity contribution is 9.10. The van der Waals surface area contributed by atoms with Crippen LogP contribution in [0.3, 0.4) is 0 Å². The minimum Gasteiger partial charge on any atom is -0.496 e. The summed E-state index contributed by atoms with van der Waals surface area (Å²) in [7, 11) is 3.29. The fraction of sp³-hybridized carbons (Fsp3) is 0.455. The van der Waals surface area contributed by atoms with Crippen LogP contribution >= 0.6 is 27.3 Å². The van der Waals surface area contributed by atoms with Crippen LogP contribution in [0.1, 0.15) is 79.1 Å². The fourth-order valence-electron chi connectivity index (χ4n) is 9.05. The maximum absolute atomic E-state index is 14.0. The number of rotatable bonds is 24. The number of methoxy groups -OCH3 is 1. The smallest absolute Gasteiger partial charge is 0.251 e. The first-order chi connectivity index (χ1) is 36.4. The number of ether oxygens (including phenoxy) is 4. The summed E-state index contributed by atoms with van der Waals surface area (Å²) >= 11 is 5.06. The number of aliphatic hydroxyl groups excluding tert-OH is 1. The van der Waals surface area contributed by atoms with E-state index < -0.39 is 35.4 Å². The summed E-state index contributed by atoms with van der Waals surface area (Å²) in [5.41, 5.74) is 6.84. The van der Waals surface area contributed by atoms with Gasteiger partial charge >= 0.3 is 0 Å².